The summed E-state index contributed by atoms with van der Waals surface area (Å²) in [6.45, 7) is 4.23. The molecule has 1 unspecified atom stereocenters. The summed E-state index contributed by atoms with van der Waals surface area (Å²) >= 11 is -0.556. The number of halogens is 8. The summed E-state index contributed by atoms with van der Waals surface area (Å²) in [4.78, 5) is 26.0. The molecule has 0 aromatic heterocycles. The Hall–Kier alpha value is -2.27. The maximum Gasteiger partial charge on any atom is 0.435 e. The van der Waals surface area contributed by atoms with Crippen molar-refractivity contribution < 1.29 is 49.1 Å². The van der Waals surface area contributed by atoms with Crippen molar-refractivity contribution in [3.63, 3.8) is 0 Å². The largest absolute Gasteiger partial charge is 0.772 e. The van der Waals surface area contributed by atoms with E-state index in [-0.39, 0.29) is 40.6 Å². The van der Waals surface area contributed by atoms with E-state index in [2.05, 4.69) is 10.6 Å². The molecular weight excluding hydrogens is 660 g/mol. The summed E-state index contributed by atoms with van der Waals surface area (Å²) in [5.41, 5.74) is -9.09. The van der Waals surface area contributed by atoms with Crippen molar-refractivity contribution in [1.82, 2.24) is 5.32 Å². The normalized spacial score (nSPS) is 13.7. The number of carbonyl (C=O) groups is 2. The minimum Gasteiger partial charge on any atom is -0.772 e. The van der Waals surface area contributed by atoms with Gasteiger partial charge in [-0.15, -0.1) is 0 Å². The van der Waals surface area contributed by atoms with Crippen LogP contribution in [0.2, 0.25) is 0 Å². The number of carbonyl (C=O) groups excluding carboxylic acids is 2. The maximum absolute atomic E-state index is 14.4. The van der Waals surface area contributed by atoms with Gasteiger partial charge in [-0.2, -0.15) is 26.3 Å². The molecule has 15 heteroatoms. The van der Waals surface area contributed by atoms with Gasteiger partial charge in [-0.3, -0.25) is 13.8 Å². The van der Waals surface area contributed by atoms with Crippen molar-refractivity contribution >= 4 is 51.2 Å². The summed E-state index contributed by atoms with van der Waals surface area (Å²) in [5.74, 6) is -1.86. The molecule has 0 heterocycles. The van der Waals surface area contributed by atoms with Gasteiger partial charge in [0.1, 0.15) is 0 Å². The van der Waals surface area contributed by atoms with Crippen LogP contribution < -0.4 is 10.6 Å². The quantitative estimate of drug-likeness (QED) is 0.206. The van der Waals surface area contributed by atoms with Gasteiger partial charge in [0.2, 0.25) is 0 Å². The first-order valence-electron chi connectivity index (χ1n) is 10.6. The molecule has 2 aromatic rings. The topological polar surface area (TPSA) is 98.3 Å². The summed E-state index contributed by atoms with van der Waals surface area (Å²) in [6.07, 6.45) is -12.5. The average Bonchev–Trinajstić information content (AvgIpc) is 2.76. The van der Waals surface area contributed by atoms with E-state index in [4.69, 9.17) is 0 Å². The zero-order valence-corrected chi connectivity index (χ0v) is 22.9. The van der Waals surface area contributed by atoms with Crippen LogP contribution in [-0.2, 0) is 16.7 Å². The van der Waals surface area contributed by atoms with Gasteiger partial charge < -0.3 is 15.2 Å². The molecule has 0 aliphatic carbocycles. The maximum atomic E-state index is 14.4. The molecule has 0 aliphatic heterocycles. The average molecular weight is 681 g/mol. The van der Waals surface area contributed by atoms with E-state index in [1.807, 2.05) is 0 Å². The van der Waals surface area contributed by atoms with E-state index >= 15 is 0 Å². The van der Waals surface area contributed by atoms with Crippen LogP contribution in [0.4, 0.5) is 36.4 Å². The number of rotatable bonds is 8. The molecule has 210 valence electrons. The minimum atomic E-state index is -6.29. The van der Waals surface area contributed by atoms with Crippen molar-refractivity contribution in [2.24, 2.45) is 0 Å². The van der Waals surface area contributed by atoms with E-state index in [1.54, 1.807) is 36.4 Å². The molecule has 2 aromatic carbocycles. The Morgan fingerprint density at radius 1 is 0.974 bits per heavy atom. The third-order valence-electron chi connectivity index (χ3n) is 5.48. The number of aryl methyl sites for hydroxylation is 1. The van der Waals surface area contributed by atoms with Crippen LogP contribution in [0.3, 0.4) is 0 Å². The number of anilines is 1. The van der Waals surface area contributed by atoms with Gasteiger partial charge >= 0.3 is 18.0 Å². The van der Waals surface area contributed by atoms with Gasteiger partial charge in [-0.1, -0.05) is 29.3 Å². The first-order valence-corrected chi connectivity index (χ1v) is 13.0. The van der Waals surface area contributed by atoms with E-state index < -0.39 is 52.0 Å². The summed E-state index contributed by atoms with van der Waals surface area (Å²) in [6, 6.07) is 5.54. The number of nitrogens with one attached hydrogen (secondary N) is 2. The molecule has 2 rings (SSSR count). The molecule has 1 atom stereocenters. The van der Waals surface area contributed by atoms with Crippen molar-refractivity contribution in [2.45, 2.75) is 50.8 Å². The van der Waals surface area contributed by atoms with E-state index in [0.29, 0.717) is 15.7 Å². The van der Waals surface area contributed by atoms with Gasteiger partial charge in [-0.25, -0.2) is 4.39 Å². The molecule has 2 N–H and O–H groups in total. The molecule has 0 bridgehead atoms. The van der Waals surface area contributed by atoms with E-state index in [9.17, 15) is 49.1 Å². The van der Waals surface area contributed by atoms with Crippen LogP contribution in [0.25, 0.3) is 0 Å². The monoisotopic (exact) mass is 681 g/mol. The Balaban J connectivity index is 2.40. The summed E-state index contributed by atoms with van der Waals surface area (Å²) in [7, 11) is 0. The highest BCUT2D eigenvalue weighted by molar-refractivity contribution is 14.1. The molecule has 0 saturated carbocycles. The Labute approximate surface area is 229 Å². The standard InChI is InChI=1S/C23H22F7IN2O4S/c1-12-11-13(21(24,22(25,26)27)23(28,29)30)7-8-16(12)32-18(34)14-5-4-6-15(31)17(14)19(35)33-20(2,3)9-10-38(36)37/h4-8,11H,9-10H2,1-3H3,(H,32,34)(H,33,35)(H,36,37)/p-1. The second-order valence-electron chi connectivity index (χ2n) is 8.90. The molecule has 0 fully saturated rings. The predicted molar refractivity (Wildman–Crippen MR) is 133 cm³/mol. The van der Waals surface area contributed by atoms with Crippen molar-refractivity contribution in [1.29, 1.82) is 0 Å². The highest BCUT2D eigenvalue weighted by Crippen LogP contribution is 2.53. The molecule has 0 saturated heterocycles. The number of benzene rings is 2. The molecular formula is C23H21F7IN2O4S-. The summed E-state index contributed by atoms with van der Waals surface area (Å²) in [5, 5.41) is 4.96. The lowest BCUT2D eigenvalue weighted by Gasteiger charge is -2.30. The Kier molecular flexibility index (Phi) is 9.63. The third kappa shape index (κ3) is 7.02. The van der Waals surface area contributed by atoms with Gasteiger partial charge in [0.25, 0.3) is 11.8 Å². The van der Waals surface area contributed by atoms with Crippen molar-refractivity contribution in [3.05, 3.63) is 62.2 Å². The van der Waals surface area contributed by atoms with Gasteiger partial charge in [0.05, 0.1) is 11.1 Å². The highest BCUT2D eigenvalue weighted by Gasteiger charge is 2.73. The molecule has 0 aliphatic rings. The zero-order valence-electron chi connectivity index (χ0n) is 19.9. The highest BCUT2D eigenvalue weighted by atomic mass is 127. The minimum absolute atomic E-state index is 0.0667. The van der Waals surface area contributed by atoms with Crippen LogP contribution in [0, 0.1) is 10.5 Å². The van der Waals surface area contributed by atoms with Crippen molar-refractivity contribution in [2.75, 3.05) is 11.1 Å². The van der Waals surface area contributed by atoms with Gasteiger partial charge in [0.15, 0.2) is 0 Å². The zero-order chi connectivity index (χ0) is 29.3. The fraction of sp³-hybridized carbons (Fsp3) is 0.391. The van der Waals surface area contributed by atoms with Crippen LogP contribution in [-0.4, -0.2) is 44.2 Å². The first-order chi connectivity index (χ1) is 17.2. The predicted octanol–water partition coefficient (Wildman–Crippen LogP) is 5.92. The van der Waals surface area contributed by atoms with Crippen molar-refractivity contribution in [3.8, 4) is 0 Å². The van der Waals surface area contributed by atoms with Crippen LogP contribution in [0.1, 0.15) is 52.1 Å². The smallest absolute Gasteiger partial charge is 0.435 e. The Morgan fingerprint density at radius 3 is 2.05 bits per heavy atom. The van der Waals surface area contributed by atoms with Crippen LogP contribution in [0.15, 0.2) is 36.4 Å². The lowest BCUT2D eigenvalue weighted by Crippen LogP contribution is -2.50. The fourth-order valence-corrected chi connectivity index (χ4v) is 4.83. The van der Waals surface area contributed by atoms with Gasteiger partial charge in [-0.05, 0) is 73.5 Å². The molecule has 0 radical (unpaired) electrons. The lowest BCUT2D eigenvalue weighted by atomic mass is 9.92. The van der Waals surface area contributed by atoms with Crippen LogP contribution >= 0.6 is 22.6 Å². The lowest BCUT2D eigenvalue weighted by molar-refractivity contribution is -0.348. The number of amides is 2. The van der Waals surface area contributed by atoms with E-state index in [0.717, 1.165) is 6.92 Å². The Bertz CT molecular complexity index is 1240. The molecule has 0 spiro atoms. The number of alkyl halides is 7. The molecule has 6 nitrogen and oxygen atoms in total. The third-order valence-corrected chi connectivity index (χ3v) is 6.92. The fourth-order valence-electron chi connectivity index (χ4n) is 3.41. The van der Waals surface area contributed by atoms with Gasteiger partial charge in [0, 0.05) is 26.1 Å². The van der Waals surface area contributed by atoms with Crippen LogP contribution in [0.5, 0.6) is 0 Å². The second kappa shape index (κ2) is 11.5. The van der Waals surface area contributed by atoms with E-state index in [1.165, 1.54) is 18.2 Å². The summed E-state index contributed by atoms with van der Waals surface area (Å²) < 4.78 is 115. The second-order valence-corrected chi connectivity index (χ2v) is 11.1. The SMILES string of the molecule is Cc1cc(C(F)(C(F)(F)F)C(F)(F)F)ccc1NC(=O)c1cccc(I)c1C(=O)NC(C)(C)CCS(=O)[O-]. The number of hydrogen-bond acceptors (Lipinski definition) is 4. The Morgan fingerprint density at radius 2 is 1.55 bits per heavy atom. The first kappa shape index (κ1) is 31.9. The molecule has 38 heavy (non-hydrogen) atoms. The number of hydrogen-bond donors (Lipinski definition) is 2. The molecule has 2 amide bonds.